The normalized spacial score (nSPS) is 12.0. The third-order valence-corrected chi connectivity index (χ3v) is 13.1. The first-order valence-electron chi connectivity index (χ1n) is 22.8. The lowest BCUT2D eigenvalue weighted by molar-refractivity contribution is 1.18. The van der Waals surface area contributed by atoms with Crippen molar-refractivity contribution in [3.63, 3.8) is 0 Å². The number of allylic oxidation sites excluding steroid dienone is 1. The molecule has 12 aromatic rings. The third kappa shape index (κ3) is 7.20. The maximum Gasteiger partial charge on any atom is 0.152 e. The van der Waals surface area contributed by atoms with Crippen LogP contribution in [0.1, 0.15) is 16.7 Å². The van der Waals surface area contributed by atoms with Crippen LogP contribution in [0.3, 0.4) is 0 Å². The van der Waals surface area contributed by atoms with Gasteiger partial charge >= 0.3 is 0 Å². The Morgan fingerprint density at radius 1 is 0.418 bits per heavy atom. The fourth-order valence-corrected chi connectivity index (χ4v) is 9.93. The van der Waals surface area contributed by atoms with Crippen molar-refractivity contribution in [3.8, 4) is 39.1 Å². The van der Waals surface area contributed by atoms with Crippen molar-refractivity contribution >= 4 is 71.7 Å². The number of benzene rings is 11. The van der Waals surface area contributed by atoms with Crippen molar-refractivity contribution in [3.05, 3.63) is 265 Å². The highest BCUT2D eigenvalue weighted by atomic mass is 15.0. The van der Waals surface area contributed by atoms with E-state index in [1.165, 1.54) is 54.2 Å². The fraction of sp³-hybridized carbons (Fsp3) is 0. The molecule has 0 bridgehead atoms. The summed E-state index contributed by atoms with van der Waals surface area (Å²) in [4.78, 5) is 5.07. The Morgan fingerprint density at radius 2 is 1.01 bits per heavy atom. The van der Waals surface area contributed by atoms with E-state index in [9.17, 15) is 5.41 Å². The molecule has 0 spiro atoms. The molecular formula is C64H43N3. The number of amidine groups is 1. The molecule has 314 valence electrons. The number of fused-ring (bicyclic) bond motifs is 7. The molecule has 1 aromatic heterocycles. The quantitative estimate of drug-likeness (QED) is 0.0685. The van der Waals surface area contributed by atoms with Gasteiger partial charge in [0.05, 0.1) is 16.7 Å². The second-order valence-corrected chi connectivity index (χ2v) is 17.0. The van der Waals surface area contributed by atoms with Gasteiger partial charge < -0.3 is 4.57 Å². The standard InChI is InChI=1S/C64H43N3/c65-64(48-17-3-1-4-18-48)66-59(54-25-12-11-24-53(54)55-27-15-29-61-63(55)57-26-13-14-28-60(57)67(61)50-20-5-2-6-21-50)41-32-43-30-33-44(34-31-43)45-35-37-47(38-36-45)62-52-23-10-8-19-49(52)42-58-51-22-9-7-16-46(51)39-40-56(58)62/h1-42,65H/b41-32+,65-64?,66-59?. The van der Waals surface area contributed by atoms with E-state index in [0.717, 1.165) is 55.7 Å². The van der Waals surface area contributed by atoms with Crippen LogP contribution in [0, 0.1) is 5.41 Å². The summed E-state index contributed by atoms with van der Waals surface area (Å²) in [5.74, 6) is 0.206. The number of hydrogen-bond donors (Lipinski definition) is 1. The summed E-state index contributed by atoms with van der Waals surface area (Å²) in [7, 11) is 0. The average molecular weight is 854 g/mol. The van der Waals surface area contributed by atoms with Gasteiger partial charge in [-0.3, -0.25) is 5.41 Å². The topological polar surface area (TPSA) is 41.1 Å². The molecule has 0 radical (unpaired) electrons. The SMILES string of the molecule is N=C(N=C(/C=C/c1ccc(-c2ccc(-c3c4ccccc4cc4c3ccc3ccccc34)cc2)cc1)c1ccccc1-c1cccc2c1c1ccccc1n2-c1ccccc1)c1ccccc1. The summed E-state index contributed by atoms with van der Waals surface area (Å²) in [6.07, 6.45) is 4.17. The van der Waals surface area contributed by atoms with Crippen LogP contribution in [-0.2, 0) is 0 Å². The van der Waals surface area contributed by atoms with Crippen LogP contribution in [0.15, 0.2) is 254 Å². The van der Waals surface area contributed by atoms with Crippen LogP contribution in [0.25, 0.3) is 99.3 Å². The average Bonchev–Trinajstić information content (AvgIpc) is 3.74. The van der Waals surface area contributed by atoms with E-state index in [4.69, 9.17) is 4.99 Å². The van der Waals surface area contributed by atoms with Crippen LogP contribution >= 0.6 is 0 Å². The molecule has 0 aliphatic heterocycles. The minimum atomic E-state index is 0.206. The van der Waals surface area contributed by atoms with Crippen molar-refractivity contribution < 1.29 is 0 Å². The Hall–Kier alpha value is -8.92. The van der Waals surface area contributed by atoms with Crippen LogP contribution in [0.5, 0.6) is 0 Å². The molecule has 0 aliphatic carbocycles. The van der Waals surface area contributed by atoms with Gasteiger partial charge in [0.25, 0.3) is 0 Å². The zero-order valence-corrected chi connectivity index (χ0v) is 36.6. The molecule has 0 aliphatic rings. The number of nitrogens with zero attached hydrogens (tertiary/aromatic N) is 2. The Morgan fingerprint density at radius 3 is 1.81 bits per heavy atom. The first-order chi connectivity index (χ1) is 33.2. The van der Waals surface area contributed by atoms with Gasteiger partial charge in [-0.25, -0.2) is 4.99 Å². The van der Waals surface area contributed by atoms with Gasteiger partial charge in [0, 0.05) is 27.6 Å². The number of aliphatic imine (C=N–C) groups is 1. The van der Waals surface area contributed by atoms with Gasteiger partial charge in [-0.15, -0.1) is 0 Å². The summed E-state index contributed by atoms with van der Waals surface area (Å²) in [5.41, 5.74) is 13.8. The first-order valence-corrected chi connectivity index (χ1v) is 22.8. The van der Waals surface area contributed by atoms with Crippen LogP contribution in [0.2, 0.25) is 0 Å². The predicted octanol–water partition coefficient (Wildman–Crippen LogP) is 16.8. The Kier molecular flexibility index (Phi) is 10.00. The zero-order chi connectivity index (χ0) is 44.7. The molecule has 3 nitrogen and oxygen atoms in total. The van der Waals surface area contributed by atoms with E-state index in [0.29, 0.717) is 5.71 Å². The second-order valence-electron chi connectivity index (χ2n) is 17.0. The molecular weight excluding hydrogens is 811 g/mol. The molecule has 11 aromatic carbocycles. The van der Waals surface area contributed by atoms with Gasteiger partial charge in [-0.2, -0.15) is 0 Å². The van der Waals surface area contributed by atoms with Crippen LogP contribution < -0.4 is 0 Å². The van der Waals surface area contributed by atoms with Crippen LogP contribution in [-0.4, -0.2) is 16.1 Å². The lowest BCUT2D eigenvalue weighted by atomic mass is 9.89. The fourth-order valence-electron chi connectivity index (χ4n) is 9.93. The molecule has 0 amide bonds. The smallest absolute Gasteiger partial charge is 0.152 e. The van der Waals surface area contributed by atoms with Crippen molar-refractivity contribution in [1.82, 2.24) is 4.57 Å². The molecule has 0 fully saturated rings. The second kappa shape index (κ2) is 16.9. The number of aromatic nitrogens is 1. The van der Waals surface area contributed by atoms with E-state index in [2.05, 4.69) is 229 Å². The van der Waals surface area contributed by atoms with E-state index >= 15 is 0 Å². The highest BCUT2D eigenvalue weighted by Crippen LogP contribution is 2.42. The molecule has 67 heavy (non-hydrogen) atoms. The molecule has 1 heterocycles. The number of hydrogen-bond acceptors (Lipinski definition) is 1. The van der Waals surface area contributed by atoms with Crippen LogP contribution in [0.4, 0.5) is 0 Å². The Balaban J connectivity index is 0.908. The van der Waals surface area contributed by atoms with Gasteiger partial charge in [0.1, 0.15) is 0 Å². The lowest BCUT2D eigenvalue weighted by Crippen LogP contribution is -2.05. The molecule has 0 unspecified atom stereocenters. The maximum atomic E-state index is 9.19. The third-order valence-electron chi connectivity index (χ3n) is 13.1. The Bertz CT molecular complexity index is 3900. The summed E-state index contributed by atoms with van der Waals surface area (Å²) in [5, 5.41) is 19.1. The first kappa shape index (κ1) is 39.7. The number of rotatable bonds is 8. The van der Waals surface area contributed by atoms with E-state index < -0.39 is 0 Å². The maximum absolute atomic E-state index is 9.19. The van der Waals surface area contributed by atoms with Gasteiger partial charge in [-0.05, 0) is 108 Å². The summed E-state index contributed by atoms with van der Waals surface area (Å²) < 4.78 is 2.35. The zero-order valence-electron chi connectivity index (χ0n) is 36.6. The minimum Gasteiger partial charge on any atom is -0.309 e. The monoisotopic (exact) mass is 853 g/mol. The molecule has 1 N–H and O–H groups in total. The Labute approximate surface area is 389 Å². The molecule has 3 heteroatoms. The van der Waals surface area contributed by atoms with Crippen molar-refractivity contribution in [1.29, 1.82) is 5.41 Å². The van der Waals surface area contributed by atoms with Crippen molar-refractivity contribution in [2.24, 2.45) is 4.99 Å². The largest absolute Gasteiger partial charge is 0.309 e. The summed E-state index contributed by atoms with van der Waals surface area (Å²) >= 11 is 0. The minimum absolute atomic E-state index is 0.206. The highest BCUT2D eigenvalue weighted by molar-refractivity contribution is 6.23. The molecule has 0 saturated carbocycles. The number of para-hydroxylation sites is 2. The summed E-state index contributed by atoms with van der Waals surface area (Å²) in [6.45, 7) is 0. The number of nitrogens with one attached hydrogen (secondary N) is 1. The van der Waals surface area contributed by atoms with Gasteiger partial charge in [-0.1, -0.05) is 218 Å². The lowest BCUT2D eigenvalue weighted by Gasteiger charge is -2.14. The van der Waals surface area contributed by atoms with Gasteiger partial charge in [0.2, 0.25) is 0 Å². The highest BCUT2D eigenvalue weighted by Gasteiger charge is 2.19. The van der Waals surface area contributed by atoms with E-state index in [1.807, 2.05) is 30.3 Å². The van der Waals surface area contributed by atoms with Crippen molar-refractivity contribution in [2.45, 2.75) is 0 Å². The van der Waals surface area contributed by atoms with Gasteiger partial charge in [0.15, 0.2) is 5.84 Å². The predicted molar refractivity (Wildman–Crippen MR) is 285 cm³/mol. The van der Waals surface area contributed by atoms with E-state index in [-0.39, 0.29) is 5.84 Å². The molecule has 0 saturated heterocycles. The van der Waals surface area contributed by atoms with E-state index in [1.54, 1.807) is 0 Å². The van der Waals surface area contributed by atoms with Crippen molar-refractivity contribution in [2.75, 3.05) is 0 Å². The summed E-state index contributed by atoms with van der Waals surface area (Å²) in [6, 6.07) is 86.0. The molecule has 12 rings (SSSR count). The molecule has 0 atom stereocenters.